The fourth-order valence-corrected chi connectivity index (χ4v) is 6.35. The predicted molar refractivity (Wildman–Crippen MR) is 148 cm³/mol. The molecule has 3 aliphatic heterocycles. The molecule has 0 spiro atoms. The van der Waals surface area contributed by atoms with Crippen LogP contribution in [-0.4, -0.2) is 81.8 Å². The van der Waals surface area contributed by atoms with E-state index in [0.29, 0.717) is 11.4 Å². The van der Waals surface area contributed by atoms with Gasteiger partial charge in [-0.05, 0) is 74.8 Å². The van der Waals surface area contributed by atoms with E-state index in [0.717, 1.165) is 74.1 Å². The molecule has 11 nitrogen and oxygen atoms in total. The molecule has 11 heteroatoms. The Morgan fingerprint density at radius 1 is 1.10 bits per heavy atom. The van der Waals surface area contributed by atoms with Crippen molar-refractivity contribution in [2.24, 2.45) is 0 Å². The van der Waals surface area contributed by atoms with E-state index in [1.54, 1.807) is 12.0 Å². The van der Waals surface area contributed by atoms with Crippen LogP contribution in [0.3, 0.4) is 0 Å². The zero-order chi connectivity index (χ0) is 27.6. The first kappa shape index (κ1) is 26.5. The van der Waals surface area contributed by atoms with E-state index in [1.807, 2.05) is 54.5 Å². The lowest BCUT2D eigenvalue weighted by atomic mass is 9.96. The van der Waals surface area contributed by atoms with Crippen molar-refractivity contribution in [2.45, 2.75) is 69.3 Å². The molecule has 1 N–H and O–H groups in total. The van der Waals surface area contributed by atoms with E-state index in [2.05, 4.69) is 20.2 Å². The summed E-state index contributed by atoms with van der Waals surface area (Å²) in [6, 6.07) is 10.3. The third-order valence-corrected chi connectivity index (χ3v) is 8.46. The Kier molecular flexibility index (Phi) is 7.57. The van der Waals surface area contributed by atoms with E-state index in [9.17, 15) is 9.90 Å². The van der Waals surface area contributed by atoms with Crippen molar-refractivity contribution in [1.82, 2.24) is 24.9 Å². The van der Waals surface area contributed by atoms with Crippen LogP contribution in [0.15, 0.2) is 42.7 Å². The molecule has 212 valence electrons. The van der Waals surface area contributed by atoms with Gasteiger partial charge in [-0.15, -0.1) is 10.2 Å². The highest BCUT2D eigenvalue weighted by atomic mass is 16.7. The van der Waals surface area contributed by atoms with Crippen molar-refractivity contribution in [2.75, 3.05) is 32.5 Å². The number of benzene rings is 1. The summed E-state index contributed by atoms with van der Waals surface area (Å²) >= 11 is 0. The van der Waals surface area contributed by atoms with Gasteiger partial charge < -0.3 is 29.1 Å². The number of hydrogen-bond donors (Lipinski definition) is 1. The molecule has 0 aliphatic carbocycles. The first-order valence-electron chi connectivity index (χ1n) is 14.0. The number of piperidine rings is 1. The Balaban J connectivity index is 1.20. The maximum absolute atomic E-state index is 11.7. The Bertz CT molecular complexity index is 1310. The number of anilines is 1. The van der Waals surface area contributed by atoms with Crippen molar-refractivity contribution in [1.29, 1.82) is 0 Å². The highest BCUT2D eigenvalue weighted by Crippen LogP contribution is 2.39. The molecule has 2 unspecified atom stereocenters. The second kappa shape index (κ2) is 11.4. The van der Waals surface area contributed by atoms with Gasteiger partial charge in [-0.1, -0.05) is 6.07 Å². The molecule has 0 saturated carbocycles. The second-order valence-electron chi connectivity index (χ2n) is 10.9. The number of nitrogens with zero attached hydrogens (tertiary/aromatic N) is 6. The zero-order valence-electron chi connectivity index (χ0n) is 23.0. The quantitative estimate of drug-likeness (QED) is 0.396. The highest BCUT2D eigenvalue weighted by Gasteiger charge is 2.44. The summed E-state index contributed by atoms with van der Waals surface area (Å²) in [4.78, 5) is 15.4. The van der Waals surface area contributed by atoms with Crippen LogP contribution < -0.4 is 9.64 Å². The van der Waals surface area contributed by atoms with E-state index in [4.69, 9.17) is 14.2 Å². The Morgan fingerprint density at radius 2 is 1.93 bits per heavy atom. The van der Waals surface area contributed by atoms with Crippen LogP contribution in [0, 0.1) is 0 Å². The lowest BCUT2D eigenvalue weighted by Gasteiger charge is -2.41. The van der Waals surface area contributed by atoms with Crippen LogP contribution in [0.1, 0.15) is 51.2 Å². The lowest BCUT2D eigenvalue weighted by Crippen LogP contribution is -2.51. The van der Waals surface area contributed by atoms with E-state index >= 15 is 0 Å². The summed E-state index contributed by atoms with van der Waals surface area (Å²) in [5.41, 5.74) is 3.47. The molecule has 6 rings (SSSR count). The van der Waals surface area contributed by atoms with Crippen LogP contribution in [-0.2, 0) is 9.47 Å². The van der Waals surface area contributed by atoms with Gasteiger partial charge in [0.15, 0.2) is 12.6 Å². The average molecular weight is 549 g/mol. The van der Waals surface area contributed by atoms with Gasteiger partial charge in [0.1, 0.15) is 12.0 Å². The smallest absolute Gasteiger partial charge is 0.407 e. The lowest BCUT2D eigenvalue weighted by molar-refractivity contribution is -0.0394. The maximum Gasteiger partial charge on any atom is 0.407 e. The Morgan fingerprint density at radius 3 is 2.60 bits per heavy atom. The molecule has 3 aliphatic rings. The van der Waals surface area contributed by atoms with Gasteiger partial charge in [-0.25, -0.2) is 9.48 Å². The predicted octanol–water partition coefficient (Wildman–Crippen LogP) is 4.80. The van der Waals surface area contributed by atoms with Crippen molar-refractivity contribution in [3.8, 4) is 28.1 Å². The molecular weight excluding hydrogens is 512 g/mol. The van der Waals surface area contributed by atoms with E-state index in [-0.39, 0.29) is 31.1 Å². The normalized spacial score (nSPS) is 24.2. The first-order valence-corrected chi connectivity index (χ1v) is 14.0. The minimum absolute atomic E-state index is 0.0159. The van der Waals surface area contributed by atoms with Crippen LogP contribution in [0.2, 0.25) is 0 Å². The number of aromatic nitrogens is 4. The summed E-state index contributed by atoms with van der Waals surface area (Å²) < 4.78 is 18.9. The molecule has 1 amide bonds. The van der Waals surface area contributed by atoms with Crippen molar-refractivity contribution >= 4 is 11.9 Å². The number of amides is 1. The second-order valence-corrected chi connectivity index (χ2v) is 10.9. The van der Waals surface area contributed by atoms with Crippen LogP contribution in [0.5, 0.6) is 5.75 Å². The number of ether oxygens (including phenoxy) is 3. The first-order chi connectivity index (χ1) is 19.5. The minimum Gasteiger partial charge on any atom is -0.467 e. The van der Waals surface area contributed by atoms with Gasteiger partial charge in [0.05, 0.1) is 11.9 Å². The molecule has 3 saturated heterocycles. The fraction of sp³-hybridized carbons (Fsp3) is 0.517. The SMILES string of the molecule is COCOc1cc(-c2cnn(C3CCCCO3)c2)ccc1-c1ccc(N(C)C2C[C@H]3CC[C@@H](C2)N3C(=O)O)nn1. The maximum atomic E-state index is 11.7. The molecule has 3 fully saturated rings. The van der Waals surface area contributed by atoms with Gasteiger partial charge in [-0.3, -0.25) is 0 Å². The zero-order valence-corrected chi connectivity index (χ0v) is 23.0. The molecule has 4 atom stereocenters. The highest BCUT2D eigenvalue weighted by molar-refractivity contribution is 5.74. The van der Waals surface area contributed by atoms with Gasteiger partial charge in [-0.2, -0.15) is 5.10 Å². The van der Waals surface area contributed by atoms with Crippen molar-refractivity contribution in [3.63, 3.8) is 0 Å². The van der Waals surface area contributed by atoms with Gasteiger partial charge in [0, 0.05) is 56.2 Å². The summed E-state index contributed by atoms with van der Waals surface area (Å²) in [5, 5.41) is 23.2. The molecule has 0 radical (unpaired) electrons. The molecule has 40 heavy (non-hydrogen) atoms. The molecule has 1 aromatic carbocycles. The van der Waals surface area contributed by atoms with Crippen LogP contribution in [0.4, 0.5) is 10.6 Å². The third-order valence-electron chi connectivity index (χ3n) is 8.46. The minimum atomic E-state index is -0.803. The van der Waals surface area contributed by atoms with E-state index in [1.165, 1.54) is 0 Å². The van der Waals surface area contributed by atoms with Crippen molar-refractivity contribution < 1.29 is 24.1 Å². The Labute approximate surface area is 233 Å². The fourth-order valence-electron chi connectivity index (χ4n) is 6.35. The summed E-state index contributed by atoms with van der Waals surface area (Å²) in [7, 11) is 3.61. The van der Waals surface area contributed by atoms with Crippen LogP contribution in [0.25, 0.3) is 22.4 Å². The van der Waals surface area contributed by atoms with Gasteiger partial charge >= 0.3 is 6.09 Å². The number of rotatable bonds is 8. The topological polar surface area (TPSA) is 115 Å². The number of hydrogen-bond acceptors (Lipinski definition) is 8. The summed E-state index contributed by atoms with van der Waals surface area (Å²) in [5.74, 6) is 1.42. The Hall–Kier alpha value is -3.70. The number of methoxy groups -OCH3 is 1. The molecule has 2 aromatic heterocycles. The monoisotopic (exact) mass is 548 g/mol. The molecular formula is C29H36N6O5. The largest absolute Gasteiger partial charge is 0.467 e. The average Bonchev–Trinajstić information content (AvgIpc) is 3.59. The number of carboxylic acid groups (broad SMARTS) is 1. The van der Waals surface area contributed by atoms with Crippen LogP contribution >= 0.6 is 0 Å². The summed E-state index contributed by atoms with van der Waals surface area (Å²) in [6.07, 6.45) is 9.74. The van der Waals surface area contributed by atoms with E-state index < -0.39 is 6.09 Å². The molecule has 3 aromatic rings. The molecule has 5 heterocycles. The standard InChI is InChI=1S/C29H36N6O5/c1-33(23-14-21-7-8-22(15-23)35(21)29(36)37)27-11-10-25(31-32-27)24-9-6-19(13-26(24)40-18-38-2)20-16-30-34(17-20)28-5-3-4-12-39-28/h6,9-11,13,16-17,21-23,28H,3-5,7-8,12,14-15,18H2,1-2H3,(H,36,37)/t21-,22+,23?,28?. The number of fused-ring (bicyclic) bond motifs is 2. The third kappa shape index (κ3) is 5.23. The van der Waals surface area contributed by atoms with Gasteiger partial charge in [0.25, 0.3) is 0 Å². The van der Waals surface area contributed by atoms with Crippen molar-refractivity contribution in [3.05, 3.63) is 42.7 Å². The molecule has 2 bridgehead atoms. The van der Waals surface area contributed by atoms with Gasteiger partial charge in [0.2, 0.25) is 0 Å². The number of carbonyl (C=O) groups is 1. The summed E-state index contributed by atoms with van der Waals surface area (Å²) in [6.45, 7) is 0.876.